The minimum Gasteiger partial charge on any atom is -0.288 e. The first-order chi connectivity index (χ1) is 21.5. The molecule has 5 heterocycles. The van der Waals surface area contributed by atoms with Gasteiger partial charge in [-0.05, 0) is 24.3 Å². The molecule has 8 aromatic rings. The van der Waals surface area contributed by atoms with E-state index in [1.165, 1.54) is 18.3 Å². The predicted octanol–water partition coefficient (Wildman–Crippen LogP) is 6.94. The molecule has 0 radical (unpaired) electrons. The van der Waals surface area contributed by atoms with Crippen molar-refractivity contribution in [2.75, 3.05) is 0 Å². The Morgan fingerprint density at radius 1 is 0.341 bits per heavy atom. The van der Waals surface area contributed by atoms with Crippen LogP contribution in [0.15, 0.2) is 122 Å². The van der Waals surface area contributed by atoms with Crippen LogP contribution in [0.4, 0.5) is 4.79 Å². The summed E-state index contributed by atoms with van der Waals surface area (Å²) in [5.41, 5.74) is 3.52. The fourth-order valence-corrected chi connectivity index (χ4v) is 6.59. The highest BCUT2D eigenvalue weighted by Gasteiger charge is 2.29. The molecule has 1 aliphatic heterocycles. The third-order valence-electron chi connectivity index (χ3n) is 8.65. The van der Waals surface area contributed by atoms with Gasteiger partial charge < -0.3 is 0 Å². The predicted molar refractivity (Wildman–Crippen MR) is 167 cm³/mol. The van der Waals surface area contributed by atoms with Crippen molar-refractivity contribution in [3.8, 4) is 0 Å². The Bertz CT molecular complexity index is 2070. The van der Waals surface area contributed by atoms with Crippen molar-refractivity contribution in [1.82, 2.24) is 18.3 Å². The fraction of sp³-hybridized carbons (Fsp3) is 0. The van der Waals surface area contributed by atoms with Crippen LogP contribution in [0.5, 0.6) is 0 Å². The number of carbonyl (C=O) groups excluding carboxylic acids is 4. The van der Waals surface area contributed by atoms with Crippen LogP contribution in [0, 0.1) is 0 Å². The Kier molecular flexibility index (Phi) is 4.77. The van der Waals surface area contributed by atoms with E-state index < -0.39 is 6.03 Å². The first kappa shape index (κ1) is 24.3. The summed E-state index contributed by atoms with van der Waals surface area (Å²) in [6.07, 6.45) is 6.21. The maximum atomic E-state index is 14.3. The number of aromatic nitrogens is 4. The number of carbonyl (C=O) groups is 4. The summed E-state index contributed by atoms with van der Waals surface area (Å²) in [7, 11) is 0. The molecule has 1 aliphatic rings. The van der Waals surface area contributed by atoms with Crippen LogP contribution in [0.2, 0.25) is 0 Å². The van der Waals surface area contributed by atoms with Gasteiger partial charge in [-0.1, -0.05) is 72.8 Å². The van der Waals surface area contributed by atoms with Gasteiger partial charge in [-0.15, -0.1) is 0 Å². The van der Waals surface area contributed by atoms with Gasteiger partial charge in [-0.2, -0.15) is 0 Å². The Balaban J connectivity index is 1.43. The lowest BCUT2D eigenvalue weighted by atomic mass is 10.0. The minimum absolute atomic E-state index is 0.303. The summed E-state index contributed by atoms with van der Waals surface area (Å²) in [4.78, 5) is 57.3. The molecule has 0 amide bonds. The monoisotopic (exact) mass is 572 g/mol. The zero-order chi connectivity index (χ0) is 29.7. The molecule has 0 atom stereocenters. The van der Waals surface area contributed by atoms with E-state index in [2.05, 4.69) is 0 Å². The third kappa shape index (κ3) is 3.11. The van der Waals surface area contributed by atoms with Crippen LogP contribution < -0.4 is 0 Å². The number of hydrogen-bond donors (Lipinski definition) is 0. The second kappa shape index (κ2) is 8.62. The number of nitrogens with zero attached hydrogens (tertiary/aromatic N) is 4. The molecule has 0 unspecified atom stereocenters. The number of rotatable bonds is 0. The maximum absolute atomic E-state index is 14.3. The standard InChI is InChI=1S/C36H20N4O4/c41-33-25-17-37(29-13-5-1-9-21(25)29)34(42)27-19-39(31-15-7-3-11-23(27)31)36(44)40-20-28(24-12-4-8-16-32(24)40)35(43)38-18-26(33)22-10-2-6-14-30(22)38/h1-20H. The average molecular weight is 573 g/mol. The number of hydrogen-bond acceptors (Lipinski definition) is 4. The third-order valence-corrected chi connectivity index (χ3v) is 8.65. The average Bonchev–Trinajstić information content (AvgIpc) is 3.84. The molecule has 4 aromatic heterocycles. The second-order valence-corrected chi connectivity index (χ2v) is 10.9. The van der Waals surface area contributed by atoms with Crippen LogP contribution in [0.1, 0.15) is 36.6 Å². The summed E-state index contributed by atoms with van der Waals surface area (Å²) >= 11 is 0. The van der Waals surface area contributed by atoms with Crippen molar-refractivity contribution in [1.29, 1.82) is 0 Å². The van der Waals surface area contributed by atoms with Gasteiger partial charge in [-0.25, -0.2) is 4.79 Å². The molecule has 0 spiro atoms. The summed E-state index contributed by atoms with van der Waals surface area (Å²) < 4.78 is 5.82. The molecule has 0 aliphatic carbocycles. The van der Waals surface area contributed by atoms with Gasteiger partial charge in [0, 0.05) is 57.5 Å². The molecular formula is C36H20N4O4. The Morgan fingerprint density at radius 3 is 1.02 bits per heavy atom. The van der Waals surface area contributed by atoms with Gasteiger partial charge in [0.2, 0.25) is 0 Å². The lowest BCUT2D eigenvalue weighted by Crippen LogP contribution is -2.18. The Hall–Kier alpha value is -6.28. The smallest absolute Gasteiger partial charge is 0.288 e. The second-order valence-electron chi connectivity index (χ2n) is 10.9. The SMILES string of the molecule is O=C1c2cn(c3ccccc23)C(=O)c2cn(c3ccccc23)C(=O)n2cc(c3ccccc32)C(=O)n2cc1c1ccccc12. The van der Waals surface area contributed by atoms with Crippen molar-refractivity contribution in [2.45, 2.75) is 0 Å². The highest BCUT2D eigenvalue weighted by molar-refractivity contribution is 6.25. The van der Waals surface area contributed by atoms with E-state index in [1.54, 1.807) is 61.2 Å². The van der Waals surface area contributed by atoms with E-state index in [9.17, 15) is 19.2 Å². The van der Waals surface area contributed by atoms with Crippen molar-refractivity contribution in [3.63, 3.8) is 0 Å². The lowest BCUT2D eigenvalue weighted by molar-refractivity contribution is 0.0958. The topological polar surface area (TPSA) is 88.0 Å². The van der Waals surface area contributed by atoms with Crippen molar-refractivity contribution in [2.24, 2.45) is 0 Å². The molecule has 0 fully saturated rings. The number of benzene rings is 4. The van der Waals surface area contributed by atoms with Crippen LogP contribution in [-0.2, 0) is 0 Å². The van der Waals surface area contributed by atoms with E-state index in [0.29, 0.717) is 65.9 Å². The van der Waals surface area contributed by atoms with Crippen LogP contribution in [-0.4, -0.2) is 41.9 Å². The van der Waals surface area contributed by atoms with Crippen molar-refractivity contribution < 1.29 is 19.2 Å². The molecular weight excluding hydrogens is 552 g/mol. The van der Waals surface area contributed by atoms with Crippen LogP contribution in [0.3, 0.4) is 0 Å². The lowest BCUT2D eigenvalue weighted by Gasteiger charge is -2.06. The van der Waals surface area contributed by atoms with E-state index in [4.69, 9.17) is 0 Å². The van der Waals surface area contributed by atoms with Crippen LogP contribution >= 0.6 is 0 Å². The summed E-state index contributed by atoms with van der Waals surface area (Å²) in [5.74, 6) is -1.04. The van der Waals surface area contributed by atoms with E-state index >= 15 is 0 Å². The molecule has 8 nitrogen and oxygen atoms in total. The summed E-state index contributed by atoms with van der Waals surface area (Å²) in [6.45, 7) is 0. The first-order valence-corrected chi connectivity index (χ1v) is 14.1. The van der Waals surface area contributed by atoms with Gasteiger partial charge in [0.05, 0.1) is 33.2 Å². The summed E-state index contributed by atoms with van der Waals surface area (Å²) in [5, 5.41) is 2.41. The molecule has 0 saturated heterocycles. The molecule has 0 N–H and O–H groups in total. The number of ketones is 1. The molecule has 4 aromatic carbocycles. The fourth-order valence-electron chi connectivity index (χ4n) is 6.59. The van der Waals surface area contributed by atoms with Crippen molar-refractivity contribution >= 4 is 67.2 Å². The number of fused-ring (bicyclic) bond motifs is 20. The normalized spacial score (nSPS) is 13.6. The van der Waals surface area contributed by atoms with Gasteiger partial charge in [0.1, 0.15) is 0 Å². The largest absolute Gasteiger partial charge is 0.337 e. The molecule has 44 heavy (non-hydrogen) atoms. The zero-order valence-electron chi connectivity index (χ0n) is 23.0. The highest BCUT2D eigenvalue weighted by Crippen LogP contribution is 2.33. The molecule has 8 bridgehead atoms. The molecule has 8 heteroatoms. The Labute approximate surface area is 248 Å². The van der Waals surface area contributed by atoms with Gasteiger partial charge in [0.15, 0.2) is 5.78 Å². The highest BCUT2D eigenvalue weighted by atomic mass is 16.2. The van der Waals surface area contributed by atoms with E-state index in [1.807, 2.05) is 60.7 Å². The maximum Gasteiger partial charge on any atom is 0.337 e. The quantitative estimate of drug-likeness (QED) is 0.197. The Morgan fingerprint density at radius 2 is 0.636 bits per heavy atom. The zero-order valence-corrected chi connectivity index (χ0v) is 23.0. The van der Waals surface area contributed by atoms with Crippen LogP contribution in [0.25, 0.3) is 43.6 Å². The summed E-state index contributed by atoms with van der Waals surface area (Å²) in [6, 6.07) is 28.5. The minimum atomic E-state index is -0.436. The molecule has 0 saturated carbocycles. The van der Waals surface area contributed by atoms with Gasteiger partial charge in [-0.3, -0.25) is 32.7 Å². The van der Waals surface area contributed by atoms with Gasteiger partial charge in [0.25, 0.3) is 11.8 Å². The van der Waals surface area contributed by atoms with Crippen molar-refractivity contribution in [3.05, 3.63) is 144 Å². The molecule has 9 rings (SSSR count). The molecule has 208 valence electrons. The van der Waals surface area contributed by atoms with Gasteiger partial charge >= 0.3 is 6.03 Å². The van der Waals surface area contributed by atoms with E-state index in [-0.39, 0.29) is 17.6 Å². The van der Waals surface area contributed by atoms with E-state index in [0.717, 1.165) is 0 Å². The first-order valence-electron chi connectivity index (χ1n) is 14.1. The number of para-hydroxylation sites is 4.